The molecule has 2 aliphatic carbocycles. The van der Waals surface area contributed by atoms with Gasteiger partial charge in [-0.3, -0.25) is 4.79 Å². The summed E-state index contributed by atoms with van der Waals surface area (Å²) >= 11 is 0. The van der Waals surface area contributed by atoms with Crippen LogP contribution in [-0.4, -0.2) is 28.5 Å². The minimum atomic E-state index is -0.315. The van der Waals surface area contributed by atoms with Crippen LogP contribution in [0.1, 0.15) is 43.9 Å². The van der Waals surface area contributed by atoms with Gasteiger partial charge in [0.05, 0.1) is 5.69 Å². The predicted molar refractivity (Wildman–Crippen MR) is 97.0 cm³/mol. The maximum absolute atomic E-state index is 12.6. The molecule has 132 valence electrons. The van der Waals surface area contributed by atoms with E-state index in [1.54, 1.807) is 7.11 Å². The number of carbonyl (C=O) groups is 1. The fourth-order valence-electron chi connectivity index (χ4n) is 5.20. The molecule has 1 fully saturated rings. The van der Waals surface area contributed by atoms with Gasteiger partial charge >= 0.3 is 0 Å². The van der Waals surface area contributed by atoms with E-state index in [1.807, 2.05) is 6.07 Å². The zero-order valence-electron chi connectivity index (χ0n) is 15.5. The molecule has 4 atom stereocenters. The summed E-state index contributed by atoms with van der Waals surface area (Å²) in [6.45, 7) is 6.43. The smallest absolute Gasteiger partial charge is 0.164 e. The maximum Gasteiger partial charge on any atom is 0.164 e. The highest BCUT2D eigenvalue weighted by Crippen LogP contribution is 2.51. The van der Waals surface area contributed by atoms with Crippen molar-refractivity contribution >= 4 is 5.78 Å². The van der Waals surface area contributed by atoms with Crippen molar-refractivity contribution in [2.75, 3.05) is 7.11 Å². The van der Waals surface area contributed by atoms with Gasteiger partial charge in [0.25, 0.3) is 0 Å². The molecule has 1 heterocycles. The number of nitrogens with zero attached hydrogens (tertiary/aromatic N) is 2. The molecular formula is C21H26N2O2. The second-order valence-electron chi connectivity index (χ2n) is 7.81. The van der Waals surface area contributed by atoms with Gasteiger partial charge in [-0.1, -0.05) is 32.0 Å². The number of imidazole rings is 1. The lowest BCUT2D eigenvalue weighted by atomic mass is 9.56. The third kappa shape index (κ3) is 2.30. The number of ketones is 1. The van der Waals surface area contributed by atoms with Crippen LogP contribution in [0, 0.1) is 18.8 Å². The second kappa shape index (κ2) is 5.80. The van der Waals surface area contributed by atoms with Crippen molar-refractivity contribution in [1.29, 1.82) is 0 Å². The van der Waals surface area contributed by atoms with Gasteiger partial charge in [0.1, 0.15) is 11.9 Å². The molecule has 1 aromatic heterocycles. The van der Waals surface area contributed by atoms with E-state index in [0.29, 0.717) is 5.92 Å². The molecule has 1 unspecified atom stereocenters. The molecule has 0 aliphatic heterocycles. The van der Waals surface area contributed by atoms with E-state index in [9.17, 15) is 4.79 Å². The molecular weight excluding hydrogens is 312 g/mol. The Labute approximate surface area is 149 Å². The number of aromatic nitrogens is 2. The largest absolute Gasteiger partial charge is 0.374 e. The van der Waals surface area contributed by atoms with Crippen LogP contribution in [0.5, 0.6) is 0 Å². The number of Topliss-reactive ketones (excluding diaryl/α,β-unsaturated/α-hetero) is 1. The minimum absolute atomic E-state index is 0.0269. The summed E-state index contributed by atoms with van der Waals surface area (Å²) in [5, 5.41) is 0. The minimum Gasteiger partial charge on any atom is -0.374 e. The van der Waals surface area contributed by atoms with Gasteiger partial charge in [-0.05, 0) is 44.2 Å². The predicted octanol–water partition coefficient (Wildman–Crippen LogP) is 3.62. The zero-order chi connectivity index (χ0) is 17.8. The first-order valence-electron chi connectivity index (χ1n) is 9.18. The van der Waals surface area contributed by atoms with Crippen LogP contribution in [-0.2, 0) is 21.4 Å². The summed E-state index contributed by atoms with van der Waals surface area (Å²) in [5.74, 6) is 1.65. The number of para-hydroxylation sites is 1. The van der Waals surface area contributed by atoms with Crippen molar-refractivity contribution in [3.8, 4) is 5.69 Å². The third-order valence-corrected chi connectivity index (χ3v) is 6.47. The summed E-state index contributed by atoms with van der Waals surface area (Å²) in [5.41, 5.74) is 3.54. The van der Waals surface area contributed by atoms with E-state index in [-0.39, 0.29) is 23.2 Å². The van der Waals surface area contributed by atoms with E-state index in [0.717, 1.165) is 25.1 Å². The molecule has 1 aromatic carbocycles. The first-order valence-corrected chi connectivity index (χ1v) is 9.18. The Morgan fingerprint density at radius 2 is 2.00 bits per heavy atom. The Morgan fingerprint density at radius 3 is 2.68 bits per heavy atom. The summed E-state index contributed by atoms with van der Waals surface area (Å²) in [4.78, 5) is 17.6. The molecule has 0 N–H and O–H groups in total. The normalized spacial score (nSPS) is 31.5. The van der Waals surface area contributed by atoms with Gasteiger partial charge in [-0.15, -0.1) is 0 Å². The molecule has 0 saturated heterocycles. The molecule has 4 nitrogen and oxygen atoms in total. The van der Waals surface area contributed by atoms with Crippen molar-refractivity contribution in [2.24, 2.45) is 11.8 Å². The summed E-state index contributed by atoms with van der Waals surface area (Å²) in [6, 6.07) is 10.4. The van der Waals surface area contributed by atoms with Gasteiger partial charge in [0, 0.05) is 29.8 Å². The van der Waals surface area contributed by atoms with E-state index in [1.165, 1.54) is 17.1 Å². The van der Waals surface area contributed by atoms with Crippen molar-refractivity contribution in [2.45, 2.75) is 51.6 Å². The monoisotopic (exact) mass is 338 g/mol. The second-order valence-corrected chi connectivity index (χ2v) is 7.81. The summed E-state index contributed by atoms with van der Waals surface area (Å²) in [6.07, 6.45) is 2.42. The fraction of sp³-hybridized carbons (Fsp3) is 0.524. The maximum atomic E-state index is 12.6. The average molecular weight is 338 g/mol. The van der Waals surface area contributed by atoms with Crippen LogP contribution < -0.4 is 0 Å². The third-order valence-electron chi connectivity index (χ3n) is 6.47. The van der Waals surface area contributed by atoms with E-state index >= 15 is 0 Å². The molecule has 0 bridgehead atoms. The number of aryl methyl sites for hydroxylation is 1. The van der Waals surface area contributed by atoms with E-state index in [2.05, 4.69) is 49.6 Å². The first kappa shape index (κ1) is 16.5. The molecule has 1 saturated carbocycles. The molecule has 4 rings (SSSR count). The quantitative estimate of drug-likeness (QED) is 0.840. The Morgan fingerprint density at radius 1 is 1.28 bits per heavy atom. The highest BCUT2D eigenvalue weighted by molar-refractivity contribution is 5.87. The number of rotatable bonds is 2. The van der Waals surface area contributed by atoms with Crippen molar-refractivity contribution in [1.82, 2.24) is 9.55 Å². The highest BCUT2D eigenvalue weighted by Gasteiger charge is 2.53. The molecule has 2 aromatic rings. The van der Waals surface area contributed by atoms with Gasteiger partial charge in [0.15, 0.2) is 5.78 Å². The lowest BCUT2D eigenvalue weighted by Crippen LogP contribution is -2.53. The Kier molecular flexibility index (Phi) is 3.84. The van der Waals surface area contributed by atoms with Crippen LogP contribution in [0.3, 0.4) is 0 Å². The zero-order valence-corrected chi connectivity index (χ0v) is 15.5. The van der Waals surface area contributed by atoms with Gasteiger partial charge in [0.2, 0.25) is 0 Å². The van der Waals surface area contributed by atoms with E-state index < -0.39 is 0 Å². The Hall–Kier alpha value is -1.94. The number of hydrogen-bond acceptors (Lipinski definition) is 3. The number of hydrogen-bond donors (Lipinski definition) is 0. The first-order chi connectivity index (χ1) is 12.0. The van der Waals surface area contributed by atoms with Crippen molar-refractivity contribution in [3.05, 3.63) is 47.5 Å². The summed E-state index contributed by atoms with van der Waals surface area (Å²) < 4.78 is 7.83. The van der Waals surface area contributed by atoms with E-state index in [4.69, 9.17) is 9.72 Å². The number of fused-ring (bicyclic) bond motifs is 3. The number of carbonyl (C=O) groups excluding carboxylic acids is 1. The van der Waals surface area contributed by atoms with Crippen molar-refractivity contribution < 1.29 is 9.53 Å². The molecule has 0 spiro atoms. The molecule has 0 radical (unpaired) electrons. The van der Waals surface area contributed by atoms with Gasteiger partial charge < -0.3 is 9.30 Å². The fourth-order valence-corrected chi connectivity index (χ4v) is 5.20. The Balaban J connectivity index is 1.85. The van der Waals surface area contributed by atoms with Crippen LogP contribution in [0.2, 0.25) is 0 Å². The average Bonchev–Trinajstić information content (AvgIpc) is 2.96. The number of ether oxygens (including phenoxy) is 1. The van der Waals surface area contributed by atoms with Crippen molar-refractivity contribution in [3.63, 3.8) is 0 Å². The topological polar surface area (TPSA) is 44.1 Å². The standard InChI is InChI=1S/C21H26N2O2/c1-13-16-10-11-17-20(21(16,3)12-18(25-4)19(13)24)22-14(2)23(17)15-8-6-5-7-9-15/h5-9,13,16,18H,10-12H2,1-4H3/t13-,16-,18?,21-/m0/s1. The molecule has 2 aliphatic rings. The van der Waals surface area contributed by atoms with Crippen LogP contribution in [0.4, 0.5) is 0 Å². The molecule has 0 amide bonds. The SMILES string of the molecule is COC1C[C@]2(C)c3nc(C)n(-c4ccccc4)c3CC[C@H]2[C@H](C)C1=O. The van der Waals surface area contributed by atoms with Crippen LogP contribution >= 0.6 is 0 Å². The van der Waals surface area contributed by atoms with Crippen LogP contribution in [0.15, 0.2) is 30.3 Å². The Bertz CT molecular complexity index is 811. The number of methoxy groups -OCH3 is 1. The van der Waals surface area contributed by atoms with Crippen LogP contribution in [0.25, 0.3) is 5.69 Å². The lowest BCUT2D eigenvalue weighted by Gasteiger charge is -2.49. The highest BCUT2D eigenvalue weighted by atomic mass is 16.5. The van der Waals surface area contributed by atoms with Gasteiger partial charge in [-0.25, -0.2) is 4.98 Å². The molecule has 4 heteroatoms. The summed E-state index contributed by atoms with van der Waals surface area (Å²) in [7, 11) is 1.65. The number of benzene rings is 1. The lowest BCUT2D eigenvalue weighted by molar-refractivity contribution is -0.143. The molecule has 25 heavy (non-hydrogen) atoms. The van der Waals surface area contributed by atoms with Gasteiger partial charge in [-0.2, -0.15) is 0 Å².